The monoisotopic (exact) mass is 276 g/mol. The maximum Gasteiger partial charge on any atom is 0.232 e. The third kappa shape index (κ3) is 4.84. The van der Waals surface area contributed by atoms with E-state index in [0.29, 0.717) is 6.42 Å². The minimum Gasteiger partial charge on any atom is -0.768 e. The standard InChI is InChI=1S/C10H15NO4S2/c1-2-3-7-17(14,15)11-9-5-4-6-10(8-9)16(12)13/h4-6,8,11H,2-3,7H2,1H3,(H,12,13)/p-1. The fourth-order valence-electron chi connectivity index (χ4n) is 1.23. The second-order valence-corrected chi connectivity index (χ2v) is 6.32. The lowest BCUT2D eigenvalue weighted by Gasteiger charge is -2.10. The first-order valence-corrected chi connectivity index (χ1v) is 7.87. The van der Waals surface area contributed by atoms with Gasteiger partial charge in [-0.2, -0.15) is 0 Å². The van der Waals surface area contributed by atoms with E-state index in [1.54, 1.807) is 0 Å². The Bertz CT molecular complexity index is 499. The molecule has 1 aromatic rings. The molecule has 17 heavy (non-hydrogen) atoms. The first-order chi connectivity index (χ1) is 7.94. The van der Waals surface area contributed by atoms with Gasteiger partial charge in [-0.3, -0.25) is 8.93 Å². The molecule has 1 atom stereocenters. The quantitative estimate of drug-likeness (QED) is 0.797. The van der Waals surface area contributed by atoms with E-state index in [1.165, 1.54) is 24.3 Å². The molecule has 0 heterocycles. The molecule has 0 aliphatic heterocycles. The van der Waals surface area contributed by atoms with Crippen molar-refractivity contribution in [1.29, 1.82) is 0 Å². The highest BCUT2D eigenvalue weighted by Crippen LogP contribution is 2.14. The first kappa shape index (κ1) is 14.1. The van der Waals surface area contributed by atoms with Crippen LogP contribution in [0.15, 0.2) is 29.2 Å². The van der Waals surface area contributed by atoms with Crippen molar-refractivity contribution in [1.82, 2.24) is 0 Å². The van der Waals surface area contributed by atoms with Crippen molar-refractivity contribution in [3.63, 3.8) is 0 Å². The number of benzene rings is 1. The van der Waals surface area contributed by atoms with E-state index in [1.807, 2.05) is 6.92 Å². The molecule has 96 valence electrons. The lowest BCUT2D eigenvalue weighted by Crippen LogP contribution is -2.16. The Balaban J connectivity index is 2.81. The van der Waals surface area contributed by atoms with Gasteiger partial charge in [-0.05, 0) is 35.7 Å². The predicted molar refractivity (Wildman–Crippen MR) is 65.9 cm³/mol. The largest absolute Gasteiger partial charge is 0.768 e. The molecule has 0 aliphatic carbocycles. The number of sulfonamides is 1. The minimum absolute atomic E-state index is 0.0359. The van der Waals surface area contributed by atoms with Crippen LogP contribution in [0.3, 0.4) is 0 Å². The maximum absolute atomic E-state index is 11.6. The Kier molecular flexibility index (Phi) is 5.10. The highest BCUT2D eigenvalue weighted by molar-refractivity contribution is 7.92. The van der Waals surface area contributed by atoms with Gasteiger partial charge in [0, 0.05) is 10.6 Å². The van der Waals surface area contributed by atoms with Crippen molar-refractivity contribution >= 4 is 26.8 Å². The molecule has 5 nitrogen and oxygen atoms in total. The number of rotatable bonds is 6. The van der Waals surface area contributed by atoms with Crippen LogP contribution in [-0.4, -0.2) is 22.9 Å². The SMILES string of the molecule is CCCCS(=O)(=O)Nc1cccc(S(=O)[O-])c1. The summed E-state index contributed by atoms with van der Waals surface area (Å²) in [5.41, 5.74) is 0.266. The van der Waals surface area contributed by atoms with Crippen molar-refractivity contribution in [2.45, 2.75) is 24.7 Å². The van der Waals surface area contributed by atoms with Crippen molar-refractivity contribution in [2.75, 3.05) is 10.5 Å². The van der Waals surface area contributed by atoms with Crippen LogP contribution in [0.25, 0.3) is 0 Å². The van der Waals surface area contributed by atoms with Crippen LogP contribution in [-0.2, 0) is 21.1 Å². The first-order valence-electron chi connectivity index (χ1n) is 5.14. The van der Waals surface area contributed by atoms with E-state index in [9.17, 15) is 17.2 Å². The molecule has 0 aliphatic rings. The number of unbranched alkanes of at least 4 members (excludes halogenated alkanes) is 1. The Labute approximate surface area is 104 Å². The van der Waals surface area contributed by atoms with Gasteiger partial charge in [0.05, 0.1) is 5.75 Å². The molecule has 0 bridgehead atoms. The van der Waals surface area contributed by atoms with Gasteiger partial charge in [-0.15, -0.1) is 0 Å². The summed E-state index contributed by atoms with van der Waals surface area (Å²) in [5, 5.41) is 0. The van der Waals surface area contributed by atoms with E-state index in [4.69, 9.17) is 0 Å². The van der Waals surface area contributed by atoms with Gasteiger partial charge >= 0.3 is 0 Å². The number of hydrogen-bond acceptors (Lipinski definition) is 4. The second kappa shape index (κ2) is 6.13. The normalized spacial score (nSPS) is 13.3. The molecule has 0 saturated heterocycles. The van der Waals surface area contributed by atoms with Gasteiger partial charge in [-0.25, -0.2) is 8.42 Å². The summed E-state index contributed by atoms with van der Waals surface area (Å²) in [7, 11) is -3.39. The lowest BCUT2D eigenvalue weighted by molar-refractivity contribution is 0.537. The summed E-state index contributed by atoms with van der Waals surface area (Å²) in [6.45, 7) is 1.90. The van der Waals surface area contributed by atoms with Crippen molar-refractivity contribution in [3.8, 4) is 0 Å². The van der Waals surface area contributed by atoms with Gasteiger partial charge < -0.3 is 4.55 Å². The van der Waals surface area contributed by atoms with Gasteiger partial charge in [-0.1, -0.05) is 19.4 Å². The number of hydrogen-bond donors (Lipinski definition) is 1. The Hall–Kier alpha value is -0.920. The third-order valence-electron chi connectivity index (χ3n) is 2.07. The van der Waals surface area contributed by atoms with E-state index >= 15 is 0 Å². The predicted octanol–water partition coefficient (Wildman–Crippen LogP) is 1.47. The maximum atomic E-state index is 11.6. The minimum atomic E-state index is -3.39. The van der Waals surface area contributed by atoms with Gasteiger partial charge in [0.1, 0.15) is 0 Å². The van der Waals surface area contributed by atoms with Crippen LogP contribution < -0.4 is 4.72 Å². The van der Waals surface area contributed by atoms with E-state index < -0.39 is 21.1 Å². The molecule has 0 fully saturated rings. The second-order valence-electron chi connectivity index (χ2n) is 3.54. The molecule has 1 aromatic carbocycles. The third-order valence-corrected chi connectivity index (χ3v) is 4.08. The van der Waals surface area contributed by atoms with Crippen LogP contribution in [0.1, 0.15) is 19.8 Å². The summed E-state index contributed by atoms with van der Waals surface area (Å²) in [6.07, 6.45) is 1.36. The summed E-state index contributed by atoms with van der Waals surface area (Å²) in [4.78, 5) is 0.0562. The van der Waals surface area contributed by atoms with Crippen molar-refractivity contribution in [2.24, 2.45) is 0 Å². The molecule has 0 amide bonds. The molecule has 1 unspecified atom stereocenters. The highest BCUT2D eigenvalue weighted by atomic mass is 32.2. The average molecular weight is 276 g/mol. The van der Waals surface area contributed by atoms with Crippen LogP contribution in [0.2, 0.25) is 0 Å². The summed E-state index contributed by atoms with van der Waals surface area (Å²) >= 11 is -2.36. The van der Waals surface area contributed by atoms with Crippen molar-refractivity contribution in [3.05, 3.63) is 24.3 Å². The van der Waals surface area contributed by atoms with Crippen LogP contribution in [0.5, 0.6) is 0 Å². The molecule has 0 aromatic heterocycles. The Morgan fingerprint density at radius 1 is 1.41 bits per heavy atom. The molecule has 7 heteroatoms. The molecular formula is C10H14NO4S2-. The molecule has 0 saturated carbocycles. The highest BCUT2D eigenvalue weighted by Gasteiger charge is 2.09. The van der Waals surface area contributed by atoms with Crippen molar-refractivity contribution < 1.29 is 17.2 Å². The molecule has 1 N–H and O–H groups in total. The van der Waals surface area contributed by atoms with Gasteiger partial charge in [0.2, 0.25) is 10.0 Å². The van der Waals surface area contributed by atoms with E-state index in [-0.39, 0.29) is 16.3 Å². The lowest BCUT2D eigenvalue weighted by atomic mass is 10.3. The van der Waals surface area contributed by atoms with Gasteiger partial charge in [0.15, 0.2) is 0 Å². The Morgan fingerprint density at radius 2 is 2.12 bits per heavy atom. The zero-order chi connectivity index (χ0) is 12.9. The number of nitrogens with one attached hydrogen (secondary N) is 1. The van der Waals surface area contributed by atoms with E-state index in [2.05, 4.69) is 4.72 Å². The zero-order valence-electron chi connectivity index (χ0n) is 9.38. The zero-order valence-corrected chi connectivity index (χ0v) is 11.0. The summed E-state index contributed by atoms with van der Waals surface area (Å²) in [6, 6.07) is 5.68. The molecule has 0 radical (unpaired) electrons. The average Bonchev–Trinajstić information content (AvgIpc) is 2.26. The fourth-order valence-corrected chi connectivity index (χ4v) is 2.90. The topological polar surface area (TPSA) is 86.3 Å². The number of anilines is 1. The summed E-state index contributed by atoms with van der Waals surface area (Å²) in [5.74, 6) is 0.0359. The van der Waals surface area contributed by atoms with Crippen LogP contribution in [0, 0.1) is 0 Å². The fraction of sp³-hybridized carbons (Fsp3) is 0.400. The molecular weight excluding hydrogens is 262 g/mol. The molecule has 1 rings (SSSR count). The van der Waals surface area contributed by atoms with Crippen LogP contribution >= 0.6 is 0 Å². The summed E-state index contributed by atoms with van der Waals surface area (Å²) < 4.78 is 46.9. The van der Waals surface area contributed by atoms with E-state index in [0.717, 1.165) is 6.42 Å². The Morgan fingerprint density at radius 3 is 2.71 bits per heavy atom. The smallest absolute Gasteiger partial charge is 0.232 e. The van der Waals surface area contributed by atoms with Crippen LogP contribution in [0.4, 0.5) is 5.69 Å². The van der Waals surface area contributed by atoms with Gasteiger partial charge in [0.25, 0.3) is 0 Å². The molecule has 0 spiro atoms.